The topological polar surface area (TPSA) is 49.3 Å². The first-order valence-electron chi connectivity index (χ1n) is 7.22. The molecule has 2 unspecified atom stereocenters. The maximum atomic E-state index is 10.9. The Morgan fingerprint density at radius 3 is 2.61 bits per heavy atom. The van der Waals surface area contributed by atoms with Crippen LogP contribution >= 0.6 is 0 Å². The van der Waals surface area contributed by atoms with Gasteiger partial charge in [-0.15, -0.1) is 0 Å². The molecule has 18 heavy (non-hydrogen) atoms. The van der Waals surface area contributed by atoms with Crippen molar-refractivity contribution in [2.45, 2.75) is 58.9 Å². The first-order valence-corrected chi connectivity index (χ1v) is 7.22. The lowest BCUT2D eigenvalue weighted by atomic mass is 9.78. The molecule has 1 saturated carbocycles. The van der Waals surface area contributed by atoms with E-state index in [1.54, 1.807) is 0 Å². The lowest BCUT2D eigenvalue weighted by Gasteiger charge is -2.34. The Morgan fingerprint density at radius 2 is 2.06 bits per heavy atom. The van der Waals surface area contributed by atoms with Crippen LogP contribution in [0, 0.1) is 11.8 Å². The van der Waals surface area contributed by atoms with E-state index in [4.69, 9.17) is 5.11 Å². The van der Waals surface area contributed by atoms with Crippen molar-refractivity contribution in [3.63, 3.8) is 0 Å². The van der Waals surface area contributed by atoms with E-state index in [-0.39, 0.29) is 0 Å². The van der Waals surface area contributed by atoms with Crippen LogP contribution in [0.1, 0.15) is 52.9 Å². The summed E-state index contributed by atoms with van der Waals surface area (Å²) in [5, 5.41) is 12.5. The van der Waals surface area contributed by atoms with Gasteiger partial charge in [0.2, 0.25) is 0 Å². The van der Waals surface area contributed by atoms with E-state index in [2.05, 4.69) is 19.2 Å². The predicted molar refractivity (Wildman–Crippen MR) is 74.6 cm³/mol. The van der Waals surface area contributed by atoms with Gasteiger partial charge in [-0.1, -0.05) is 39.7 Å². The normalized spacial score (nSPS) is 25.4. The molecule has 0 saturated heterocycles. The highest BCUT2D eigenvalue weighted by Crippen LogP contribution is 2.30. The van der Waals surface area contributed by atoms with Crippen molar-refractivity contribution in [1.29, 1.82) is 0 Å². The van der Waals surface area contributed by atoms with Gasteiger partial charge in [0, 0.05) is 18.2 Å². The molecule has 0 heterocycles. The van der Waals surface area contributed by atoms with Gasteiger partial charge in [-0.3, -0.25) is 0 Å². The molecule has 1 fully saturated rings. The molecular formula is C15H27NO2. The smallest absolute Gasteiger partial charge is 0.331 e. The molecule has 1 aliphatic carbocycles. The van der Waals surface area contributed by atoms with E-state index in [1.165, 1.54) is 25.7 Å². The molecule has 0 spiro atoms. The van der Waals surface area contributed by atoms with Crippen molar-refractivity contribution in [2.75, 3.05) is 6.54 Å². The number of carboxylic acid groups (broad SMARTS) is 1. The number of rotatable bonds is 6. The van der Waals surface area contributed by atoms with E-state index in [0.717, 1.165) is 5.92 Å². The fourth-order valence-corrected chi connectivity index (χ4v) is 2.93. The first-order chi connectivity index (χ1) is 8.56. The molecule has 0 bridgehead atoms. The average Bonchev–Trinajstić information content (AvgIpc) is 2.34. The molecule has 0 aromatic rings. The third-order valence-corrected chi connectivity index (χ3v) is 4.06. The summed E-state index contributed by atoms with van der Waals surface area (Å²) in [6, 6.07) is 0.557. The second-order valence-electron chi connectivity index (χ2n) is 5.60. The Hall–Kier alpha value is -0.830. The van der Waals surface area contributed by atoms with Crippen molar-refractivity contribution >= 4 is 5.97 Å². The second kappa shape index (κ2) is 7.57. The Labute approximate surface area is 111 Å². The standard InChI is InChI=1S/C15H27NO2/c1-4-12(15(17)18)9-10-16-14-8-6-5-7-13(14)11(2)3/h9,11,13-14,16H,4-8,10H2,1-3H3,(H,17,18). The molecular weight excluding hydrogens is 226 g/mol. The minimum absolute atomic E-state index is 0.513. The van der Waals surface area contributed by atoms with Crippen LogP contribution in [0.4, 0.5) is 0 Å². The third-order valence-electron chi connectivity index (χ3n) is 4.06. The Bertz CT molecular complexity index is 297. The zero-order valence-corrected chi connectivity index (χ0v) is 11.9. The maximum Gasteiger partial charge on any atom is 0.331 e. The molecule has 1 rings (SSSR count). The molecule has 0 aromatic carbocycles. The van der Waals surface area contributed by atoms with E-state index in [9.17, 15) is 4.79 Å². The molecule has 0 aliphatic heterocycles. The average molecular weight is 253 g/mol. The molecule has 2 N–H and O–H groups in total. The van der Waals surface area contributed by atoms with Crippen molar-refractivity contribution in [3.8, 4) is 0 Å². The zero-order chi connectivity index (χ0) is 13.5. The quantitative estimate of drug-likeness (QED) is 0.715. The summed E-state index contributed by atoms with van der Waals surface area (Å²) in [4.78, 5) is 10.9. The van der Waals surface area contributed by atoms with Crippen LogP contribution in [0.2, 0.25) is 0 Å². The Kier molecular flexibility index (Phi) is 6.41. The summed E-state index contributed by atoms with van der Waals surface area (Å²) >= 11 is 0. The molecule has 3 nitrogen and oxygen atoms in total. The van der Waals surface area contributed by atoms with Gasteiger partial charge < -0.3 is 10.4 Å². The summed E-state index contributed by atoms with van der Waals surface area (Å²) in [6.07, 6.45) is 7.59. The molecule has 104 valence electrons. The molecule has 0 aromatic heterocycles. The number of nitrogens with one attached hydrogen (secondary N) is 1. The van der Waals surface area contributed by atoms with Gasteiger partial charge in [-0.05, 0) is 31.1 Å². The monoisotopic (exact) mass is 253 g/mol. The SMILES string of the molecule is CCC(=CCNC1CCCCC1C(C)C)C(=O)O. The summed E-state index contributed by atoms with van der Waals surface area (Å²) in [7, 11) is 0. The fraction of sp³-hybridized carbons (Fsp3) is 0.800. The Balaban J connectivity index is 2.48. The van der Waals surface area contributed by atoms with E-state index >= 15 is 0 Å². The summed E-state index contributed by atoms with van der Waals surface area (Å²) in [6.45, 7) is 7.14. The minimum atomic E-state index is -0.789. The highest BCUT2D eigenvalue weighted by molar-refractivity contribution is 5.86. The van der Waals surface area contributed by atoms with Crippen LogP contribution in [0.15, 0.2) is 11.6 Å². The molecule has 2 atom stereocenters. The number of hydrogen-bond acceptors (Lipinski definition) is 2. The summed E-state index contributed by atoms with van der Waals surface area (Å²) < 4.78 is 0. The predicted octanol–water partition coefficient (Wildman–Crippen LogP) is 3.21. The zero-order valence-electron chi connectivity index (χ0n) is 11.9. The van der Waals surface area contributed by atoms with Crippen LogP contribution in [-0.2, 0) is 4.79 Å². The fourth-order valence-electron chi connectivity index (χ4n) is 2.93. The molecule has 0 amide bonds. The van der Waals surface area contributed by atoms with Crippen molar-refractivity contribution in [1.82, 2.24) is 5.32 Å². The van der Waals surface area contributed by atoms with Crippen molar-refractivity contribution in [2.24, 2.45) is 11.8 Å². The molecule has 1 aliphatic rings. The first kappa shape index (κ1) is 15.2. The van der Waals surface area contributed by atoms with Crippen LogP contribution in [0.3, 0.4) is 0 Å². The van der Waals surface area contributed by atoms with Gasteiger partial charge in [0.05, 0.1) is 0 Å². The summed E-state index contributed by atoms with van der Waals surface area (Å²) in [5.41, 5.74) is 0.513. The second-order valence-corrected chi connectivity index (χ2v) is 5.60. The van der Waals surface area contributed by atoms with Gasteiger partial charge in [-0.25, -0.2) is 4.79 Å². The van der Waals surface area contributed by atoms with E-state index in [0.29, 0.717) is 30.5 Å². The maximum absolute atomic E-state index is 10.9. The molecule has 3 heteroatoms. The highest BCUT2D eigenvalue weighted by Gasteiger charge is 2.26. The van der Waals surface area contributed by atoms with E-state index in [1.807, 2.05) is 13.0 Å². The molecule has 0 radical (unpaired) electrons. The van der Waals surface area contributed by atoms with Gasteiger partial charge in [0.1, 0.15) is 0 Å². The Morgan fingerprint density at radius 1 is 1.39 bits per heavy atom. The lowest BCUT2D eigenvalue weighted by molar-refractivity contribution is -0.132. The van der Waals surface area contributed by atoms with Crippen LogP contribution in [0.5, 0.6) is 0 Å². The number of carbonyl (C=O) groups is 1. The summed E-state index contributed by atoms with van der Waals surface area (Å²) in [5.74, 6) is 0.655. The van der Waals surface area contributed by atoms with E-state index < -0.39 is 5.97 Å². The number of carboxylic acids is 1. The highest BCUT2D eigenvalue weighted by atomic mass is 16.4. The van der Waals surface area contributed by atoms with Crippen molar-refractivity contribution < 1.29 is 9.90 Å². The van der Waals surface area contributed by atoms with Gasteiger partial charge in [0.15, 0.2) is 0 Å². The minimum Gasteiger partial charge on any atom is -0.478 e. The lowest BCUT2D eigenvalue weighted by Crippen LogP contribution is -2.41. The van der Waals surface area contributed by atoms with Gasteiger partial charge in [0.25, 0.3) is 0 Å². The van der Waals surface area contributed by atoms with Crippen molar-refractivity contribution in [3.05, 3.63) is 11.6 Å². The third kappa shape index (κ3) is 4.45. The van der Waals surface area contributed by atoms with Crippen LogP contribution in [0.25, 0.3) is 0 Å². The largest absolute Gasteiger partial charge is 0.478 e. The number of hydrogen-bond donors (Lipinski definition) is 2. The van der Waals surface area contributed by atoms with Gasteiger partial charge in [-0.2, -0.15) is 0 Å². The van der Waals surface area contributed by atoms with Crippen LogP contribution in [-0.4, -0.2) is 23.7 Å². The van der Waals surface area contributed by atoms with Crippen LogP contribution < -0.4 is 5.32 Å². The van der Waals surface area contributed by atoms with Gasteiger partial charge >= 0.3 is 5.97 Å². The number of aliphatic carboxylic acids is 1.